The maximum Gasteiger partial charge on any atom is 0.320 e. The number of nitrogens with one attached hydrogen (secondary N) is 1. The van der Waals surface area contributed by atoms with Crippen molar-refractivity contribution in [2.75, 3.05) is 0 Å². The number of phenolic OH excluding ortho intramolecular Hbond substituents is 2. The molecule has 29 heavy (non-hydrogen) atoms. The van der Waals surface area contributed by atoms with Crippen molar-refractivity contribution in [1.29, 1.82) is 0 Å². The lowest BCUT2D eigenvalue weighted by Gasteiger charge is -2.02. The lowest BCUT2D eigenvalue weighted by atomic mass is 10.2. The SMILES string of the molecule is O=C(NN=Cc1ccc(O)cc1O)c1nn(Cc2cccc(Br)c2)cc1[N+](=O)[O-]. The summed E-state index contributed by atoms with van der Waals surface area (Å²) in [6.45, 7) is 0.234. The molecule has 10 nitrogen and oxygen atoms in total. The van der Waals surface area contributed by atoms with Crippen LogP contribution in [0.1, 0.15) is 21.6 Å². The molecule has 1 amide bonds. The standard InChI is InChI=1S/C18H14BrN5O5/c19-13-3-1-2-11(6-13)9-23-10-15(24(28)29)17(22-23)18(27)21-20-8-12-4-5-14(25)7-16(12)26/h1-8,10,25-26H,9H2,(H,21,27). The molecule has 0 saturated carbocycles. The fourth-order valence-corrected chi connectivity index (χ4v) is 2.91. The fraction of sp³-hybridized carbons (Fsp3) is 0.0556. The zero-order valence-electron chi connectivity index (χ0n) is 14.7. The highest BCUT2D eigenvalue weighted by molar-refractivity contribution is 9.10. The van der Waals surface area contributed by atoms with E-state index in [4.69, 9.17) is 0 Å². The molecule has 1 aromatic heterocycles. The van der Waals surface area contributed by atoms with Gasteiger partial charge in [-0.3, -0.25) is 19.6 Å². The first kappa shape index (κ1) is 20.0. The zero-order chi connectivity index (χ0) is 21.0. The Morgan fingerprint density at radius 3 is 2.79 bits per heavy atom. The third-order valence-electron chi connectivity index (χ3n) is 3.77. The van der Waals surface area contributed by atoms with E-state index >= 15 is 0 Å². The van der Waals surface area contributed by atoms with Crippen molar-refractivity contribution >= 4 is 33.7 Å². The van der Waals surface area contributed by atoms with Gasteiger partial charge in [-0.15, -0.1) is 0 Å². The summed E-state index contributed by atoms with van der Waals surface area (Å²) in [4.78, 5) is 22.9. The van der Waals surface area contributed by atoms with Crippen molar-refractivity contribution in [3.8, 4) is 11.5 Å². The van der Waals surface area contributed by atoms with Crippen LogP contribution in [0.3, 0.4) is 0 Å². The molecular weight excluding hydrogens is 446 g/mol. The van der Waals surface area contributed by atoms with Gasteiger partial charge in [0.1, 0.15) is 17.7 Å². The number of nitrogens with zero attached hydrogens (tertiary/aromatic N) is 4. The lowest BCUT2D eigenvalue weighted by molar-refractivity contribution is -0.385. The van der Waals surface area contributed by atoms with Crippen molar-refractivity contribution in [1.82, 2.24) is 15.2 Å². The molecule has 0 spiro atoms. The van der Waals surface area contributed by atoms with Crippen LogP contribution in [0.5, 0.6) is 11.5 Å². The normalized spacial score (nSPS) is 10.9. The molecule has 1 heterocycles. The van der Waals surface area contributed by atoms with Gasteiger partial charge in [0, 0.05) is 16.1 Å². The molecule has 0 bridgehead atoms. The average Bonchev–Trinajstić information content (AvgIpc) is 3.07. The van der Waals surface area contributed by atoms with Gasteiger partial charge in [0.25, 0.3) is 5.91 Å². The van der Waals surface area contributed by atoms with Crippen LogP contribution in [0.25, 0.3) is 0 Å². The number of hydrogen-bond donors (Lipinski definition) is 3. The Morgan fingerprint density at radius 1 is 1.31 bits per heavy atom. The Balaban J connectivity index is 1.77. The van der Waals surface area contributed by atoms with Gasteiger partial charge < -0.3 is 10.2 Å². The molecule has 3 rings (SSSR count). The number of amides is 1. The van der Waals surface area contributed by atoms with Crippen LogP contribution in [-0.4, -0.2) is 37.0 Å². The number of rotatable bonds is 6. The molecule has 0 fully saturated rings. The molecule has 0 unspecified atom stereocenters. The molecule has 148 valence electrons. The molecule has 0 atom stereocenters. The second-order valence-corrected chi connectivity index (χ2v) is 6.81. The smallest absolute Gasteiger partial charge is 0.320 e. The van der Waals surface area contributed by atoms with Crippen LogP contribution in [0.4, 0.5) is 5.69 Å². The first-order valence-corrected chi connectivity index (χ1v) is 8.94. The van der Waals surface area contributed by atoms with E-state index in [1.54, 1.807) is 0 Å². The number of benzene rings is 2. The number of hydrazone groups is 1. The van der Waals surface area contributed by atoms with Crippen molar-refractivity contribution in [3.63, 3.8) is 0 Å². The highest BCUT2D eigenvalue weighted by Gasteiger charge is 2.25. The Labute approximate surface area is 172 Å². The quantitative estimate of drug-likeness (QED) is 0.293. The second kappa shape index (κ2) is 8.52. The van der Waals surface area contributed by atoms with E-state index in [2.05, 4.69) is 31.6 Å². The third-order valence-corrected chi connectivity index (χ3v) is 4.26. The number of aromatic nitrogens is 2. The first-order chi connectivity index (χ1) is 13.8. The number of carbonyl (C=O) groups excluding carboxylic acids is 1. The molecular formula is C18H14BrN5O5. The number of carbonyl (C=O) groups is 1. The minimum absolute atomic E-state index is 0.129. The molecule has 0 aliphatic carbocycles. The van der Waals surface area contributed by atoms with E-state index in [1.807, 2.05) is 24.3 Å². The van der Waals surface area contributed by atoms with Gasteiger partial charge in [-0.05, 0) is 29.8 Å². The van der Waals surface area contributed by atoms with Crippen molar-refractivity contribution in [2.45, 2.75) is 6.54 Å². The minimum atomic E-state index is -0.876. The van der Waals surface area contributed by atoms with Gasteiger partial charge in [0.15, 0.2) is 0 Å². The predicted molar refractivity (Wildman–Crippen MR) is 107 cm³/mol. The Morgan fingerprint density at radius 2 is 2.10 bits per heavy atom. The monoisotopic (exact) mass is 459 g/mol. The summed E-state index contributed by atoms with van der Waals surface area (Å²) in [5.41, 5.74) is 2.36. The summed E-state index contributed by atoms with van der Waals surface area (Å²) in [6.07, 6.45) is 2.31. The van der Waals surface area contributed by atoms with Gasteiger partial charge in [0.2, 0.25) is 5.69 Å². The second-order valence-electron chi connectivity index (χ2n) is 5.89. The number of nitro groups is 1. The van der Waals surface area contributed by atoms with E-state index in [9.17, 15) is 25.1 Å². The van der Waals surface area contributed by atoms with Crippen molar-refractivity contribution in [2.24, 2.45) is 5.10 Å². The molecule has 0 saturated heterocycles. The Bertz CT molecular complexity index is 1110. The fourth-order valence-electron chi connectivity index (χ4n) is 2.46. The van der Waals surface area contributed by atoms with E-state index in [-0.39, 0.29) is 23.6 Å². The van der Waals surface area contributed by atoms with Gasteiger partial charge in [-0.1, -0.05) is 28.1 Å². The highest BCUT2D eigenvalue weighted by Crippen LogP contribution is 2.21. The number of hydrogen-bond acceptors (Lipinski definition) is 7. The van der Waals surface area contributed by atoms with E-state index in [0.29, 0.717) is 0 Å². The van der Waals surface area contributed by atoms with E-state index in [0.717, 1.165) is 22.3 Å². The van der Waals surface area contributed by atoms with Crippen molar-refractivity contribution < 1.29 is 19.9 Å². The number of aromatic hydroxyl groups is 2. The van der Waals surface area contributed by atoms with Gasteiger partial charge >= 0.3 is 5.69 Å². The van der Waals surface area contributed by atoms with Gasteiger partial charge in [-0.25, -0.2) is 5.43 Å². The minimum Gasteiger partial charge on any atom is -0.508 e. The summed E-state index contributed by atoms with van der Waals surface area (Å²) in [5, 5.41) is 37.9. The van der Waals surface area contributed by atoms with Gasteiger partial charge in [0.05, 0.1) is 17.7 Å². The maximum absolute atomic E-state index is 12.3. The van der Waals surface area contributed by atoms with Crippen molar-refractivity contribution in [3.05, 3.63) is 80.1 Å². The molecule has 0 aliphatic heterocycles. The topological polar surface area (TPSA) is 143 Å². The Kier molecular flexibility index (Phi) is 5.88. The molecule has 0 aliphatic rings. The van der Waals surface area contributed by atoms with Crippen LogP contribution in [0, 0.1) is 10.1 Å². The Hall–Kier alpha value is -3.73. The molecule has 3 N–H and O–H groups in total. The number of halogens is 1. The van der Waals surface area contributed by atoms with Crippen LogP contribution in [0.15, 0.2) is 58.2 Å². The highest BCUT2D eigenvalue weighted by atomic mass is 79.9. The lowest BCUT2D eigenvalue weighted by Crippen LogP contribution is -2.19. The maximum atomic E-state index is 12.3. The molecule has 2 aromatic carbocycles. The summed E-state index contributed by atoms with van der Waals surface area (Å²) in [7, 11) is 0. The van der Waals surface area contributed by atoms with Crippen LogP contribution in [-0.2, 0) is 6.54 Å². The van der Waals surface area contributed by atoms with Crippen LogP contribution >= 0.6 is 15.9 Å². The summed E-state index contributed by atoms with van der Waals surface area (Å²) < 4.78 is 2.14. The molecule has 0 radical (unpaired) electrons. The number of phenols is 2. The van der Waals surface area contributed by atoms with Gasteiger partial charge in [-0.2, -0.15) is 10.2 Å². The van der Waals surface area contributed by atoms with Crippen LogP contribution < -0.4 is 5.43 Å². The largest absolute Gasteiger partial charge is 0.508 e. The average molecular weight is 460 g/mol. The summed E-state index contributed by atoms with van der Waals surface area (Å²) >= 11 is 3.35. The third kappa shape index (κ3) is 4.96. The molecule has 3 aromatic rings. The van der Waals surface area contributed by atoms with E-state index < -0.39 is 22.2 Å². The predicted octanol–water partition coefficient (Wildman–Crippen LogP) is 2.78. The van der Waals surface area contributed by atoms with Crippen LogP contribution in [0.2, 0.25) is 0 Å². The van der Waals surface area contributed by atoms with E-state index in [1.165, 1.54) is 23.0 Å². The molecule has 11 heteroatoms. The summed E-state index contributed by atoms with van der Waals surface area (Å²) in [6, 6.07) is 11.1. The zero-order valence-corrected chi connectivity index (χ0v) is 16.3. The first-order valence-electron chi connectivity index (χ1n) is 8.15. The summed E-state index contributed by atoms with van der Waals surface area (Å²) in [5.74, 6) is -1.25.